The summed E-state index contributed by atoms with van der Waals surface area (Å²) in [5.41, 5.74) is 1.21. The van der Waals surface area contributed by atoms with Gasteiger partial charge in [0, 0.05) is 5.56 Å². The minimum Gasteiger partial charge on any atom is -0.267 e. The second-order valence-electron chi connectivity index (χ2n) is 2.92. The van der Waals surface area contributed by atoms with Crippen molar-refractivity contribution in [1.82, 2.24) is 0 Å². The molecule has 0 saturated carbocycles. The third kappa shape index (κ3) is 0.806. The van der Waals surface area contributed by atoms with E-state index in [0.29, 0.717) is 21.8 Å². The second kappa shape index (κ2) is 2.41. The Bertz CT molecular complexity index is 612. The van der Waals surface area contributed by atoms with E-state index >= 15 is 0 Å². The summed E-state index contributed by atoms with van der Waals surface area (Å²) in [6, 6.07) is 3.53. The predicted molar refractivity (Wildman–Crippen MR) is 49.2 cm³/mol. The van der Waals surface area contributed by atoms with E-state index in [0.717, 1.165) is 0 Å². The lowest BCUT2D eigenvalue weighted by Crippen LogP contribution is -2.25. The fourth-order valence-corrected chi connectivity index (χ4v) is 1.50. The smallest absolute Gasteiger partial charge is 0.267 e. The van der Waals surface area contributed by atoms with E-state index in [-0.39, 0.29) is 5.91 Å². The van der Waals surface area contributed by atoms with Gasteiger partial charge in [-0.05, 0) is 12.1 Å². The third-order valence-corrected chi connectivity index (χ3v) is 2.14. The van der Waals surface area contributed by atoms with Crippen molar-refractivity contribution in [3.05, 3.63) is 34.0 Å². The van der Waals surface area contributed by atoms with E-state index in [2.05, 4.69) is 20.2 Å². The molecule has 0 radical (unpaired) electrons. The largest absolute Gasteiger partial charge is 0.281 e. The zero-order chi connectivity index (χ0) is 9.54. The highest BCUT2D eigenvalue weighted by molar-refractivity contribution is 6.06. The van der Waals surface area contributed by atoms with Gasteiger partial charge < -0.3 is 0 Å². The van der Waals surface area contributed by atoms with Crippen molar-refractivity contribution < 1.29 is 4.79 Å². The molecule has 1 aromatic carbocycles. The summed E-state index contributed by atoms with van der Waals surface area (Å²) in [6.45, 7) is 0. The van der Waals surface area contributed by atoms with Gasteiger partial charge in [0.15, 0.2) is 0 Å². The van der Waals surface area contributed by atoms with Gasteiger partial charge >= 0.3 is 0 Å². The zero-order valence-corrected chi connectivity index (χ0v) is 7.01. The Morgan fingerprint density at radius 3 is 2.93 bits per heavy atom. The molecule has 2 aliphatic heterocycles. The maximum Gasteiger partial charge on any atom is 0.281 e. The highest BCUT2D eigenvalue weighted by Crippen LogP contribution is 2.03. The van der Waals surface area contributed by atoms with Crippen LogP contribution in [0.25, 0.3) is 0 Å². The summed E-state index contributed by atoms with van der Waals surface area (Å²) in [5, 5.41) is 8.94. The molecule has 0 unspecified atom stereocenters. The first-order valence-corrected chi connectivity index (χ1v) is 4.05. The van der Waals surface area contributed by atoms with Crippen LogP contribution in [0.15, 0.2) is 32.3 Å². The molecule has 1 aromatic rings. The normalized spacial score (nSPS) is 15.9. The van der Waals surface area contributed by atoms with Crippen LogP contribution < -0.4 is 10.7 Å². The Labute approximate surface area is 78.2 Å². The van der Waals surface area contributed by atoms with Gasteiger partial charge in [-0.15, -0.1) is 0 Å². The number of hydrogen-bond acceptors (Lipinski definition) is 4. The van der Waals surface area contributed by atoms with E-state index < -0.39 is 0 Å². The molecule has 0 N–H and O–H groups in total. The zero-order valence-electron chi connectivity index (χ0n) is 7.01. The molecular formula is C9H4N4O. The van der Waals surface area contributed by atoms with Crippen molar-refractivity contribution in [3.8, 4) is 0 Å². The Hall–Kier alpha value is -2.17. The number of carbonyl (C=O) groups excluding carboxylic acids is 1. The Morgan fingerprint density at radius 2 is 2.00 bits per heavy atom. The van der Waals surface area contributed by atoms with Gasteiger partial charge in [-0.1, -0.05) is 0 Å². The van der Waals surface area contributed by atoms with Crippen LogP contribution in [-0.4, -0.2) is 18.5 Å². The Morgan fingerprint density at radius 1 is 1.14 bits per heavy atom. The summed E-state index contributed by atoms with van der Waals surface area (Å²) in [7, 11) is 0. The lowest BCUT2D eigenvalue weighted by Gasteiger charge is -2.02. The molecule has 5 nitrogen and oxygen atoms in total. The maximum atomic E-state index is 11.5. The van der Waals surface area contributed by atoms with Crippen LogP contribution in [0.5, 0.6) is 0 Å². The van der Waals surface area contributed by atoms with Gasteiger partial charge in [-0.3, -0.25) is 4.79 Å². The minimum atomic E-state index is -0.282. The molecule has 66 valence electrons. The average Bonchev–Trinajstić information content (AvgIpc) is 2.65. The van der Waals surface area contributed by atoms with E-state index in [9.17, 15) is 4.79 Å². The quantitative estimate of drug-likeness (QED) is 0.533. The summed E-state index contributed by atoms with van der Waals surface area (Å²) >= 11 is 0. The number of carbonyl (C=O) groups is 1. The topological polar surface area (TPSA) is 66.5 Å². The molecule has 5 heteroatoms. The van der Waals surface area contributed by atoms with Gasteiger partial charge in [0.05, 0.1) is 22.5 Å². The summed E-state index contributed by atoms with van der Waals surface area (Å²) in [4.78, 5) is 19.1. The molecule has 14 heavy (non-hydrogen) atoms. The summed E-state index contributed by atoms with van der Waals surface area (Å²) in [5.74, 6) is -0.282. The fraction of sp³-hybridized carbons (Fsp3) is 0. The monoisotopic (exact) mass is 184 g/mol. The Balaban J connectivity index is 2.52. The third-order valence-electron chi connectivity index (χ3n) is 2.14. The van der Waals surface area contributed by atoms with Gasteiger partial charge in [0.25, 0.3) is 5.91 Å². The molecule has 0 aliphatic carbocycles. The Kier molecular flexibility index (Phi) is 1.25. The fourth-order valence-electron chi connectivity index (χ4n) is 1.50. The van der Waals surface area contributed by atoms with Crippen LogP contribution in [0.1, 0.15) is 15.9 Å². The lowest BCUT2D eigenvalue weighted by atomic mass is 10.1. The number of aliphatic imine (C=N–C) groups is 1. The van der Waals surface area contributed by atoms with E-state index in [1.165, 1.54) is 6.34 Å². The number of rotatable bonds is 0. The van der Waals surface area contributed by atoms with Crippen LogP contribution >= 0.6 is 0 Å². The molecule has 0 atom stereocenters. The standard InChI is InChI=1S/C9H4N4O/c14-9-8-5-3-12-13-6(5)1-2-7(8)10-4-11-9/h1-4H. The van der Waals surface area contributed by atoms with Crippen LogP contribution in [0.3, 0.4) is 0 Å². The van der Waals surface area contributed by atoms with Crippen LogP contribution in [0, 0.1) is 0 Å². The van der Waals surface area contributed by atoms with Crippen LogP contribution in [-0.2, 0) is 0 Å². The van der Waals surface area contributed by atoms with E-state index in [1.54, 1.807) is 18.3 Å². The SMILES string of the molecule is O=C1N=CN=c2ccc3c(c21)C=NN=3. The molecular weight excluding hydrogens is 180 g/mol. The molecule has 0 aromatic heterocycles. The van der Waals surface area contributed by atoms with Crippen LogP contribution in [0.4, 0.5) is 0 Å². The predicted octanol–water partition coefficient (Wildman–Crippen LogP) is -0.545. The van der Waals surface area contributed by atoms with Gasteiger partial charge in [0.2, 0.25) is 0 Å². The first kappa shape index (κ1) is 7.25. The summed E-state index contributed by atoms with van der Waals surface area (Å²) < 4.78 is 0. The van der Waals surface area contributed by atoms with Gasteiger partial charge in [-0.25, -0.2) is 4.99 Å². The molecule has 0 bridgehead atoms. The molecule has 0 spiro atoms. The first-order valence-electron chi connectivity index (χ1n) is 4.05. The number of nitrogens with zero attached hydrogens (tertiary/aromatic N) is 4. The number of benzene rings is 1. The minimum absolute atomic E-state index is 0.282. The lowest BCUT2D eigenvalue weighted by molar-refractivity contribution is 0.100. The second-order valence-corrected chi connectivity index (χ2v) is 2.92. The molecule has 3 rings (SSSR count). The number of amides is 1. The van der Waals surface area contributed by atoms with E-state index in [1.807, 2.05) is 0 Å². The van der Waals surface area contributed by atoms with E-state index in [4.69, 9.17) is 0 Å². The van der Waals surface area contributed by atoms with Gasteiger partial charge in [0.1, 0.15) is 6.34 Å². The first-order chi connectivity index (χ1) is 6.86. The van der Waals surface area contributed by atoms with Crippen molar-refractivity contribution in [2.24, 2.45) is 20.2 Å². The van der Waals surface area contributed by atoms with Gasteiger partial charge in [-0.2, -0.15) is 15.2 Å². The molecule has 0 fully saturated rings. The molecule has 2 aliphatic rings. The maximum absolute atomic E-state index is 11.5. The highest BCUT2D eigenvalue weighted by Gasteiger charge is 2.17. The number of fused-ring (bicyclic) bond motifs is 3. The molecule has 0 saturated heterocycles. The average molecular weight is 184 g/mol. The van der Waals surface area contributed by atoms with Crippen molar-refractivity contribution in [2.75, 3.05) is 0 Å². The van der Waals surface area contributed by atoms with Crippen LogP contribution in [0.2, 0.25) is 0 Å². The van der Waals surface area contributed by atoms with Crippen molar-refractivity contribution in [1.29, 1.82) is 0 Å². The number of hydrogen-bond donors (Lipinski definition) is 0. The van der Waals surface area contributed by atoms with Crippen molar-refractivity contribution >= 4 is 18.5 Å². The molecule has 2 heterocycles. The molecule has 1 amide bonds. The van der Waals surface area contributed by atoms with Crippen molar-refractivity contribution in [3.63, 3.8) is 0 Å². The van der Waals surface area contributed by atoms with Crippen molar-refractivity contribution in [2.45, 2.75) is 0 Å². The highest BCUT2D eigenvalue weighted by atomic mass is 16.1. The summed E-state index contributed by atoms with van der Waals surface area (Å²) in [6.07, 6.45) is 2.82.